The minimum absolute atomic E-state index is 0.0988. The Hall–Kier alpha value is -1.91. The Morgan fingerprint density at radius 2 is 2.17 bits per heavy atom. The zero-order valence-corrected chi connectivity index (χ0v) is 10.1. The number of nitro benzene ring substituents is 1. The monoisotopic (exact) mass is 246 g/mol. The van der Waals surface area contributed by atoms with Crippen LogP contribution < -0.4 is 4.90 Å². The van der Waals surface area contributed by atoms with Crippen molar-refractivity contribution in [3.05, 3.63) is 33.9 Å². The maximum atomic E-state index is 12.2. The average Bonchev–Trinajstić information content (AvgIpc) is 3.10. The number of amides is 1. The number of fused-ring (bicyclic) bond motifs is 1. The highest BCUT2D eigenvalue weighted by Crippen LogP contribution is 2.39. The fourth-order valence-electron chi connectivity index (χ4n) is 2.59. The molecule has 94 valence electrons. The summed E-state index contributed by atoms with van der Waals surface area (Å²) in [6, 6.07) is 4.88. The molecule has 1 amide bonds. The molecule has 1 aliphatic carbocycles. The van der Waals surface area contributed by atoms with Crippen molar-refractivity contribution in [2.24, 2.45) is 5.92 Å². The topological polar surface area (TPSA) is 63.5 Å². The van der Waals surface area contributed by atoms with E-state index in [-0.39, 0.29) is 23.6 Å². The molecule has 1 aromatic rings. The zero-order valence-electron chi connectivity index (χ0n) is 10.1. The van der Waals surface area contributed by atoms with Crippen LogP contribution in [-0.4, -0.2) is 16.9 Å². The highest BCUT2D eigenvalue weighted by atomic mass is 16.6. The van der Waals surface area contributed by atoms with Crippen LogP contribution in [0, 0.1) is 16.0 Å². The van der Waals surface area contributed by atoms with Crippen LogP contribution in [0.2, 0.25) is 0 Å². The van der Waals surface area contributed by atoms with E-state index in [0.717, 1.165) is 24.1 Å². The van der Waals surface area contributed by atoms with Gasteiger partial charge in [0.05, 0.1) is 4.92 Å². The van der Waals surface area contributed by atoms with Gasteiger partial charge in [-0.2, -0.15) is 0 Å². The molecule has 3 rings (SSSR count). The molecule has 0 aromatic heterocycles. The third kappa shape index (κ3) is 1.66. The van der Waals surface area contributed by atoms with Crippen LogP contribution in [0.25, 0.3) is 0 Å². The van der Waals surface area contributed by atoms with Gasteiger partial charge in [0.15, 0.2) is 0 Å². The van der Waals surface area contributed by atoms with Crippen LogP contribution in [0.15, 0.2) is 18.2 Å². The van der Waals surface area contributed by atoms with Crippen molar-refractivity contribution in [1.29, 1.82) is 0 Å². The van der Waals surface area contributed by atoms with E-state index in [1.165, 1.54) is 6.07 Å². The first-order valence-corrected chi connectivity index (χ1v) is 6.18. The van der Waals surface area contributed by atoms with Crippen molar-refractivity contribution in [2.75, 3.05) is 4.90 Å². The highest BCUT2D eigenvalue weighted by molar-refractivity contribution is 5.99. The molecule has 0 saturated heterocycles. The molecule has 5 heteroatoms. The Labute approximate surface area is 105 Å². The molecule has 18 heavy (non-hydrogen) atoms. The standard InChI is InChI=1S/C13H14N2O3/c1-8-6-10-7-11(15(17)18)4-5-12(10)14(8)13(16)9-2-3-9/h4-5,7-9H,2-3,6H2,1H3/t8-/m0/s1. The third-order valence-corrected chi connectivity index (χ3v) is 3.65. The van der Waals surface area contributed by atoms with Gasteiger partial charge in [-0.05, 0) is 37.8 Å². The van der Waals surface area contributed by atoms with E-state index in [0.29, 0.717) is 6.42 Å². The van der Waals surface area contributed by atoms with E-state index in [1.54, 1.807) is 12.1 Å². The molecule has 1 saturated carbocycles. The Morgan fingerprint density at radius 3 is 2.78 bits per heavy atom. The fourth-order valence-corrected chi connectivity index (χ4v) is 2.59. The van der Waals surface area contributed by atoms with Gasteiger partial charge in [0, 0.05) is 29.8 Å². The van der Waals surface area contributed by atoms with Crippen molar-refractivity contribution in [2.45, 2.75) is 32.2 Å². The van der Waals surface area contributed by atoms with Gasteiger partial charge in [-0.3, -0.25) is 14.9 Å². The summed E-state index contributed by atoms with van der Waals surface area (Å²) >= 11 is 0. The lowest BCUT2D eigenvalue weighted by molar-refractivity contribution is -0.384. The van der Waals surface area contributed by atoms with E-state index in [2.05, 4.69) is 0 Å². The largest absolute Gasteiger partial charge is 0.309 e. The van der Waals surface area contributed by atoms with Crippen molar-refractivity contribution in [1.82, 2.24) is 0 Å². The van der Waals surface area contributed by atoms with Gasteiger partial charge < -0.3 is 4.90 Å². The lowest BCUT2D eigenvalue weighted by atomic mass is 10.1. The van der Waals surface area contributed by atoms with Gasteiger partial charge in [-0.15, -0.1) is 0 Å². The van der Waals surface area contributed by atoms with Crippen LogP contribution in [0.4, 0.5) is 11.4 Å². The van der Waals surface area contributed by atoms with Gasteiger partial charge in [-0.25, -0.2) is 0 Å². The fraction of sp³-hybridized carbons (Fsp3) is 0.462. The van der Waals surface area contributed by atoms with Crippen LogP contribution in [-0.2, 0) is 11.2 Å². The Balaban J connectivity index is 1.97. The molecule has 1 aromatic carbocycles. The predicted molar refractivity (Wildman–Crippen MR) is 66.5 cm³/mol. The van der Waals surface area contributed by atoms with Crippen molar-refractivity contribution >= 4 is 17.3 Å². The molecule has 0 unspecified atom stereocenters. The maximum Gasteiger partial charge on any atom is 0.269 e. The normalized spacial score (nSPS) is 21.8. The van der Waals surface area contributed by atoms with Crippen LogP contribution in [0.1, 0.15) is 25.3 Å². The van der Waals surface area contributed by atoms with Gasteiger partial charge in [0.25, 0.3) is 5.69 Å². The molecule has 1 aliphatic heterocycles. The first kappa shape index (κ1) is 11.2. The number of nitrogens with zero attached hydrogens (tertiary/aromatic N) is 2. The number of rotatable bonds is 2. The molecule has 1 atom stereocenters. The van der Waals surface area contributed by atoms with Gasteiger partial charge in [0.1, 0.15) is 0 Å². The summed E-state index contributed by atoms with van der Waals surface area (Å²) < 4.78 is 0. The molecular formula is C13H14N2O3. The van der Waals surface area contributed by atoms with Gasteiger partial charge >= 0.3 is 0 Å². The summed E-state index contributed by atoms with van der Waals surface area (Å²) in [5.74, 6) is 0.351. The summed E-state index contributed by atoms with van der Waals surface area (Å²) in [5, 5.41) is 10.7. The number of anilines is 1. The summed E-state index contributed by atoms with van der Waals surface area (Å²) in [5.41, 5.74) is 1.86. The van der Waals surface area contributed by atoms with E-state index < -0.39 is 4.92 Å². The third-order valence-electron chi connectivity index (χ3n) is 3.65. The summed E-state index contributed by atoms with van der Waals surface area (Å²) in [4.78, 5) is 24.4. The van der Waals surface area contributed by atoms with Crippen molar-refractivity contribution in [3.8, 4) is 0 Å². The molecule has 1 heterocycles. The number of hydrogen-bond acceptors (Lipinski definition) is 3. The van der Waals surface area contributed by atoms with Crippen molar-refractivity contribution < 1.29 is 9.72 Å². The van der Waals surface area contributed by atoms with Gasteiger partial charge in [0.2, 0.25) is 5.91 Å². The number of non-ortho nitro benzene ring substituents is 1. The minimum atomic E-state index is -0.393. The first-order chi connectivity index (χ1) is 8.58. The molecule has 2 aliphatic rings. The first-order valence-electron chi connectivity index (χ1n) is 6.18. The lowest BCUT2D eigenvalue weighted by Gasteiger charge is -2.22. The molecular weight excluding hydrogens is 232 g/mol. The molecule has 0 spiro atoms. The van der Waals surface area contributed by atoms with E-state index in [9.17, 15) is 14.9 Å². The second-order valence-electron chi connectivity index (χ2n) is 5.11. The van der Waals surface area contributed by atoms with E-state index in [4.69, 9.17) is 0 Å². The average molecular weight is 246 g/mol. The number of nitro groups is 1. The number of carbonyl (C=O) groups is 1. The van der Waals surface area contributed by atoms with Crippen LogP contribution >= 0.6 is 0 Å². The summed E-state index contributed by atoms with van der Waals surface area (Å²) in [6.45, 7) is 1.99. The molecule has 0 radical (unpaired) electrons. The van der Waals surface area contributed by atoms with Crippen LogP contribution in [0.3, 0.4) is 0 Å². The molecule has 5 nitrogen and oxygen atoms in total. The molecule has 0 bridgehead atoms. The second-order valence-corrected chi connectivity index (χ2v) is 5.11. The number of hydrogen-bond donors (Lipinski definition) is 0. The van der Waals surface area contributed by atoms with E-state index in [1.807, 2.05) is 11.8 Å². The maximum absolute atomic E-state index is 12.2. The summed E-state index contributed by atoms with van der Waals surface area (Å²) in [7, 11) is 0. The minimum Gasteiger partial charge on any atom is -0.309 e. The number of carbonyl (C=O) groups excluding carboxylic acids is 1. The predicted octanol–water partition coefficient (Wildman–Crippen LogP) is 2.28. The SMILES string of the molecule is C[C@H]1Cc2cc([N+](=O)[O-])ccc2N1C(=O)C1CC1. The van der Waals surface area contributed by atoms with Crippen molar-refractivity contribution in [3.63, 3.8) is 0 Å². The zero-order chi connectivity index (χ0) is 12.9. The van der Waals surface area contributed by atoms with Gasteiger partial charge in [-0.1, -0.05) is 0 Å². The Kier molecular flexibility index (Phi) is 2.36. The van der Waals surface area contributed by atoms with Crippen LogP contribution in [0.5, 0.6) is 0 Å². The Morgan fingerprint density at radius 1 is 1.44 bits per heavy atom. The summed E-state index contributed by atoms with van der Waals surface area (Å²) in [6.07, 6.45) is 2.66. The Bertz CT molecular complexity index is 537. The quantitative estimate of drug-likeness (QED) is 0.594. The lowest BCUT2D eigenvalue weighted by Crippen LogP contribution is -2.36. The van der Waals surface area contributed by atoms with E-state index >= 15 is 0 Å². The smallest absolute Gasteiger partial charge is 0.269 e. The highest BCUT2D eigenvalue weighted by Gasteiger charge is 2.39. The molecule has 1 fully saturated rings. The second kappa shape index (κ2) is 3.80. The molecule has 0 N–H and O–H groups in total. The number of benzene rings is 1.